The van der Waals surface area contributed by atoms with Gasteiger partial charge >= 0.3 is 0 Å². The molecule has 0 heterocycles. The van der Waals surface area contributed by atoms with Gasteiger partial charge in [0.15, 0.2) is 0 Å². The van der Waals surface area contributed by atoms with Crippen molar-refractivity contribution in [3.63, 3.8) is 0 Å². The maximum absolute atomic E-state index is 13.7. The molecule has 7 nitrogen and oxygen atoms in total. The Bertz CT molecular complexity index is 1330. The lowest BCUT2D eigenvalue weighted by molar-refractivity contribution is -0.141. The van der Waals surface area contributed by atoms with E-state index in [0.717, 1.165) is 22.9 Å². The number of hydrogen-bond acceptors (Lipinski definition) is 4. The predicted molar refractivity (Wildman–Crippen MR) is 153 cm³/mol. The highest BCUT2D eigenvalue weighted by Gasteiger charge is 2.30. The molecule has 0 saturated heterocycles. The Morgan fingerprint density at radius 1 is 0.921 bits per heavy atom. The third kappa shape index (κ3) is 8.07. The molecule has 2 amide bonds. The average molecular weight is 556 g/mol. The predicted octanol–water partition coefficient (Wildman–Crippen LogP) is 4.58. The molecule has 38 heavy (non-hydrogen) atoms. The Morgan fingerprint density at radius 3 is 2.16 bits per heavy atom. The van der Waals surface area contributed by atoms with Crippen LogP contribution < -0.4 is 9.62 Å². The van der Waals surface area contributed by atoms with Gasteiger partial charge in [0.05, 0.1) is 11.9 Å². The Kier molecular flexibility index (Phi) is 10.3. The van der Waals surface area contributed by atoms with E-state index in [0.29, 0.717) is 23.6 Å². The summed E-state index contributed by atoms with van der Waals surface area (Å²) in [5.41, 5.74) is 3.18. The normalized spacial score (nSPS) is 12.0. The van der Waals surface area contributed by atoms with Crippen LogP contribution in [0.4, 0.5) is 5.69 Å². The van der Waals surface area contributed by atoms with Gasteiger partial charge in [0, 0.05) is 38.0 Å². The molecule has 0 aliphatic carbocycles. The molecule has 3 aromatic carbocycles. The van der Waals surface area contributed by atoms with E-state index >= 15 is 0 Å². The zero-order chi connectivity index (χ0) is 27.7. The minimum atomic E-state index is -3.55. The van der Waals surface area contributed by atoms with E-state index in [1.807, 2.05) is 61.5 Å². The van der Waals surface area contributed by atoms with Crippen molar-refractivity contribution in [1.82, 2.24) is 10.2 Å². The van der Waals surface area contributed by atoms with Crippen molar-refractivity contribution in [3.8, 4) is 0 Å². The molecule has 0 aromatic heterocycles. The molecule has 1 N–H and O–H groups in total. The third-order valence-corrected chi connectivity index (χ3v) is 7.75. The first kappa shape index (κ1) is 29.2. The van der Waals surface area contributed by atoms with E-state index in [2.05, 4.69) is 5.32 Å². The summed E-state index contributed by atoms with van der Waals surface area (Å²) in [7, 11) is -2.00. The van der Waals surface area contributed by atoms with Gasteiger partial charge in [-0.3, -0.25) is 13.9 Å². The number of rotatable bonds is 12. The summed E-state index contributed by atoms with van der Waals surface area (Å²) in [4.78, 5) is 28.3. The van der Waals surface area contributed by atoms with Crippen LogP contribution in [0.25, 0.3) is 0 Å². The molecule has 9 heteroatoms. The Hall–Kier alpha value is -3.36. The number of nitrogens with one attached hydrogen (secondary N) is 1. The van der Waals surface area contributed by atoms with Crippen LogP contribution in [-0.2, 0) is 32.6 Å². The van der Waals surface area contributed by atoms with Crippen molar-refractivity contribution in [2.24, 2.45) is 0 Å². The molecular weight excluding hydrogens is 522 g/mol. The number of para-hydroxylation sites is 1. The van der Waals surface area contributed by atoms with E-state index in [1.54, 1.807) is 36.2 Å². The standard InChI is InChI=1S/C29H34ClN3O4S/c1-22-10-7-8-13-26(22)33(38(3,36)37)19-9-14-28(34)32(21-24-15-17-25(30)18-16-24)27(29(35)31-2)20-23-11-5-4-6-12-23/h4-8,10-13,15-18,27H,9,14,19-21H2,1-3H3,(H,31,35). The van der Waals surface area contributed by atoms with Crippen molar-refractivity contribution in [2.45, 2.75) is 38.8 Å². The third-order valence-electron chi connectivity index (χ3n) is 6.32. The summed E-state index contributed by atoms with van der Waals surface area (Å²) in [6, 6.07) is 23.2. The van der Waals surface area contributed by atoms with E-state index < -0.39 is 16.1 Å². The number of carbonyl (C=O) groups is 2. The van der Waals surface area contributed by atoms with Gasteiger partial charge in [-0.05, 0) is 48.2 Å². The fraction of sp³-hybridized carbons (Fsp3) is 0.310. The van der Waals surface area contributed by atoms with Gasteiger partial charge in [0.1, 0.15) is 6.04 Å². The molecule has 0 fully saturated rings. The van der Waals surface area contributed by atoms with Gasteiger partial charge in [-0.15, -0.1) is 0 Å². The van der Waals surface area contributed by atoms with Crippen molar-refractivity contribution in [3.05, 3.63) is 101 Å². The largest absolute Gasteiger partial charge is 0.357 e. The Labute approximate surface area is 230 Å². The van der Waals surface area contributed by atoms with E-state index in [-0.39, 0.29) is 31.3 Å². The number of hydrogen-bond donors (Lipinski definition) is 1. The number of nitrogens with zero attached hydrogens (tertiary/aromatic N) is 2. The molecule has 3 aromatic rings. The average Bonchev–Trinajstić information content (AvgIpc) is 2.89. The zero-order valence-electron chi connectivity index (χ0n) is 21.9. The number of carbonyl (C=O) groups excluding carboxylic acids is 2. The number of likely N-dealkylation sites (N-methyl/N-ethyl adjacent to an activating group) is 1. The fourth-order valence-corrected chi connectivity index (χ4v) is 5.48. The van der Waals surface area contributed by atoms with Crippen LogP contribution in [0.15, 0.2) is 78.9 Å². The number of aryl methyl sites for hydroxylation is 1. The summed E-state index contributed by atoms with van der Waals surface area (Å²) < 4.78 is 26.5. The van der Waals surface area contributed by atoms with Gasteiger partial charge in [-0.1, -0.05) is 72.3 Å². The molecule has 1 atom stereocenters. The van der Waals surface area contributed by atoms with Crippen LogP contribution in [0.2, 0.25) is 5.02 Å². The molecular formula is C29H34ClN3O4S. The smallest absolute Gasteiger partial charge is 0.242 e. The molecule has 202 valence electrons. The molecule has 0 aliphatic rings. The molecule has 0 bridgehead atoms. The van der Waals surface area contributed by atoms with Crippen LogP contribution in [-0.4, -0.2) is 51.0 Å². The minimum absolute atomic E-state index is 0.0772. The number of sulfonamides is 1. The molecule has 0 spiro atoms. The lowest BCUT2D eigenvalue weighted by Gasteiger charge is -2.31. The number of amides is 2. The summed E-state index contributed by atoms with van der Waals surface area (Å²) in [5.74, 6) is -0.503. The van der Waals surface area contributed by atoms with Gasteiger partial charge in [0.25, 0.3) is 0 Å². The Morgan fingerprint density at radius 2 is 1.55 bits per heavy atom. The number of benzene rings is 3. The van der Waals surface area contributed by atoms with E-state index in [1.165, 1.54) is 4.31 Å². The lowest BCUT2D eigenvalue weighted by Crippen LogP contribution is -2.49. The summed E-state index contributed by atoms with van der Waals surface area (Å²) in [6.07, 6.45) is 1.88. The van der Waals surface area contributed by atoms with Crippen LogP contribution in [0.3, 0.4) is 0 Å². The molecule has 0 aliphatic heterocycles. The highest BCUT2D eigenvalue weighted by molar-refractivity contribution is 7.92. The van der Waals surface area contributed by atoms with Gasteiger partial charge in [-0.25, -0.2) is 8.42 Å². The monoisotopic (exact) mass is 555 g/mol. The first-order valence-electron chi connectivity index (χ1n) is 12.4. The maximum atomic E-state index is 13.7. The van der Waals surface area contributed by atoms with Crippen LogP contribution in [0, 0.1) is 6.92 Å². The molecule has 0 radical (unpaired) electrons. The maximum Gasteiger partial charge on any atom is 0.242 e. The van der Waals surface area contributed by atoms with Gasteiger partial charge in [-0.2, -0.15) is 0 Å². The van der Waals surface area contributed by atoms with E-state index in [4.69, 9.17) is 11.6 Å². The first-order chi connectivity index (χ1) is 18.1. The number of halogens is 1. The van der Waals surface area contributed by atoms with Crippen molar-refractivity contribution < 1.29 is 18.0 Å². The van der Waals surface area contributed by atoms with Gasteiger partial charge < -0.3 is 10.2 Å². The summed E-state index contributed by atoms with van der Waals surface area (Å²) in [5, 5.41) is 3.28. The second-order valence-corrected chi connectivity index (χ2v) is 11.5. The van der Waals surface area contributed by atoms with Crippen LogP contribution >= 0.6 is 11.6 Å². The van der Waals surface area contributed by atoms with Crippen LogP contribution in [0.1, 0.15) is 29.5 Å². The summed E-state index contributed by atoms with van der Waals surface area (Å²) >= 11 is 6.05. The van der Waals surface area contributed by atoms with E-state index in [9.17, 15) is 18.0 Å². The Balaban J connectivity index is 1.84. The quantitative estimate of drug-likeness (QED) is 0.354. The van der Waals surface area contributed by atoms with Crippen LogP contribution in [0.5, 0.6) is 0 Å². The SMILES string of the molecule is CNC(=O)C(Cc1ccccc1)N(Cc1ccc(Cl)cc1)C(=O)CCCN(c1ccccc1C)S(C)(=O)=O. The van der Waals surface area contributed by atoms with Gasteiger partial charge in [0.2, 0.25) is 21.8 Å². The van der Waals surface area contributed by atoms with Crippen molar-refractivity contribution in [1.29, 1.82) is 0 Å². The highest BCUT2D eigenvalue weighted by Crippen LogP contribution is 2.23. The molecule has 1 unspecified atom stereocenters. The summed E-state index contributed by atoms with van der Waals surface area (Å²) in [6.45, 7) is 2.21. The molecule has 0 saturated carbocycles. The van der Waals surface area contributed by atoms with Crippen molar-refractivity contribution in [2.75, 3.05) is 24.2 Å². The van der Waals surface area contributed by atoms with Crippen molar-refractivity contribution >= 4 is 39.1 Å². The molecule has 3 rings (SSSR count). The highest BCUT2D eigenvalue weighted by atomic mass is 35.5. The second-order valence-electron chi connectivity index (χ2n) is 9.19. The fourth-order valence-electron chi connectivity index (χ4n) is 4.33. The number of anilines is 1. The zero-order valence-corrected chi connectivity index (χ0v) is 23.5. The first-order valence-corrected chi connectivity index (χ1v) is 14.7. The minimum Gasteiger partial charge on any atom is -0.357 e. The topological polar surface area (TPSA) is 86.8 Å². The lowest BCUT2D eigenvalue weighted by atomic mass is 10.0. The second kappa shape index (κ2) is 13.4.